The summed E-state index contributed by atoms with van der Waals surface area (Å²) < 4.78 is 7.88. The largest absolute Gasteiger partial charge is 0.444 e. The highest BCUT2D eigenvalue weighted by Gasteiger charge is 2.26. The molecule has 0 unspecified atom stereocenters. The number of rotatable bonds is 2. The molecule has 118 valence electrons. The summed E-state index contributed by atoms with van der Waals surface area (Å²) in [5, 5.41) is 6.99. The first-order valence-corrected chi connectivity index (χ1v) is 7.47. The smallest absolute Gasteiger partial charge is 0.410 e. The molecule has 7 nitrogen and oxygen atoms in total. The van der Waals surface area contributed by atoms with E-state index in [4.69, 9.17) is 17.0 Å². The summed E-state index contributed by atoms with van der Waals surface area (Å²) >= 11 is 5.10. The van der Waals surface area contributed by atoms with Crippen molar-refractivity contribution >= 4 is 18.3 Å². The van der Waals surface area contributed by atoms with E-state index in [1.54, 1.807) is 4.90 Å². The second kappa shape index (κ2) is 6.15. The fourth-order valence-electron chi connectivity index (χ4n) is 2.14. The zero-order valence-electron chi connectivity index (χ0n) is 13.0. The standard InChI is InChI=1S/C13H23N5O2S/c1-13(2,3)20-12(19)18-7-5-17(6-8-18)9-10-14-15-11(21)16(10)4/h5-9H2,1-4H3,(H,15,21). The van der Waals surface area contributed by atoms with Gasteiger partial charge < -0.3 is 14.2 Å². The summed E-state index contributed by atoms with van der Waals surface area (Å²) in [6.07, 6.45) is -0.236. The van der Waals surface area contributed by atoms with Crippen LogP contribution in [0, 0.1) is 4.77 Å². The molecule has 2 heterocycles. The van der Waals surface area contributed by atoms with E-state index >= 15 is 0 Å². The predicted octanol–water partition coefficient (Wildman–Crippen LogP) is 1.53. The van der Waals surface area contributed by atoms with Gasteiger partial charge in [0.15, 0.2) is 4.77 Å². The average molecular weight is 313 g/mol. The molecule has 0 bridgehead atoms. The number of aromatic amines is 1. The monoisotopic (exact) mass is 313 g/mol. The predicted molar refractivity (Wildman–Crippen MR) is 81.5 cm³/mol. The van der Waals surface area contributed by atoms with Crippen molar-refractivity contribution in [1.29, 1.82) is 0 Å². The number of hydrogen-bond donors (Lipinski definition) is 1. The van der Waals surface area contributed by atoms with Crippen LogP contribution in [0.4, 0.5) is 4.79 Å². The first-order chi connectivity index (χ1) is 9.76. The van der Waals surface area contributed by atoms with Crippen molar-refractivity contribution < 1.29 is 9.53 Å². The van der Waals surface area contributed by atoms with Gasteiger partial charge in [-0.1, -0.05) is 0 Å². The Labute approximate surface area is 129 Å². The van der Waals surface area contributed by atoms with Crippen LogP contribution in [-0.2, 0) is 18.3 Å². The number of hydrogen-bond acceptors (Lipinski definition) is 5. The Bertz CT molecular complexity index is 552. The number of carbonyl (C=O) groups is 1. The zero-order chi connectivity index (χ0) is 15.6. The zero-order valence-corrected chi connectivity index (χ0v) is 13.9. The Kier molecular flexibility index (Phi) is 4.67. The SMILES string of the molecule is Cn1c(CN2CCN(C(=O)OC(C)(C)C)CC2)n[nH]c1=S. The van der Waals surface area contributed by atoms with Gasteiger partial charge in [0.05, 0.1) is 6.54 Å². The summed E-state index contributed by atoms with van der Waals surface area (Å²) in [4.78, 5) is 16.0. The van der Waals surface area contributed by atoms with Crippen LogP contribution in [-0.4, -0.2) is 62.4 Å². The number of nitrogens with one attached hydrogen (secondary N) is 1. The number of H-pyrrole nitrogens is 1. The minimum atomic E-state index is -0.448. The maximum Gasteiger partial charge on any atom is 0.410 e. The molecule has 1 saturated heterocycles. The summed E-state index contributed by atoms with van der Waals surface area (Å²) in [5.74, 6) is 0.908. The van der Waals surface area contributed by atoms with Gasteiger partial charge in [0, 0.05) is 33.2 Å². The van der Waals surface area contributed by atoms with Crippen LogP contribution in [0.2, 0.25) is 0 Å². The minimum absolute atomic E-state index is 0.236. The van der Waals surface area contributed by atoms with Crippen LogP contribution in [0.1, 0.15) is 26.6 Å². The van der Waals surface area contributed by atoms with Crippen LogP contribution in [0.3, 0.4) is 0 Å². The molecule has 1 aliphatic rings. The van der Waals surface area contributed by atoms with Gasteiger partial charge in [0.25, 0.3) is 0 Å². The van der Waals surface area contributed by atoms with Crippen molar-refractivity contribution in [3.8, 4) is 0 Å². The molecule has 1 aliphatic heterocycles. The number of amides is 1. The number of ether oxygens (including phenoxy) is 1. The van der Waals surface area contributed by atoms with Gasteiger partial charge in [-0.3, -0.25) is 10.00 Å². The first kappa shape index (κ1) is 16.0. The minimum Gasteiger partial charge on any atom is -0.444 e. The van der Waals surface area contributed by atoms with Gasteiger partial charge >= 0.3 is 6.09 Å². The first-order valence-electron chi connectivity index (χ1n) is 7.07. The van der Waals surface area contributed by atoms with Gasteiger partial charge in [-0.15, -0.1) is 0 Å². The van der Waals surface area contributed by atoms with Gasteiger partial charge in [-0.25, -0.2) is 4.79 Å². The Balaban J connectivity index is 1.85. The van der Waals surface area contributed by atoms with Crippen molar-refractivity contribution in [3.05, 3.63) is 10.6 Å². The van der Waals surface area contributed by atoms with E-state index < -0.39 is 5.60 Å². The second-order valence-corrected chi connectivity index (χ2v) is 6.63. The third kappa shape index (κ3) is 4.28. The lowest BCUT2D eigenvalue weighted by Crippen LogP contribution is -2.49. The van der Waals surface area contributed by atoms with E-state index in [9.17, 15) is 4.79 Å². The van der Waals surface area contributed by atoms with E-state index in [0.717, 1.165) is 25.5 Å². The maximum atomic E-state index is 12.0. The molecular formula is C13H23N5O2S. The van der Waals surface area contributed by atoms with Crippen LogP contribution >= 0.6 is 12.2 Å². The van der Waals surface area contributed by atoms with Gasteiger partial charge in [0.1, 0.15) is 11.4 Å². The van der Waals surface area contributed by atoms with Crippen molar-refractivity contribution in [1.82, 2.24) is 24.6 Å². The summed E-state index contributed by atoms with van der Waals surface area (Å²) in [7, 11) is 1.90. The van der Waals surface area contributed by atoms with Crippen molar-refractivity contribution in [2.75, 3.05) is 26.2 Å². The fourth-order valence-corrected chi connectivity index (χ4v) is 2.29. The maximum absolute atomic E-state index is 12.0. The van der Waals surface area contributed by atoms with Gasteiger partial charge in [-0.2, -0.15) is 5.10 Å². The van der Waals surface area contributed by atoms with E-state index in [-0.39, 0.29) is 6.09 Å². The molecular weight excluding hydrogens is 290 g/mol. The number of carbonyl (C=O) groups excluding carboxylic acids is 1. The van der Waals surface area contributed by atoms with E-state index in [1.807, 2.05) is 32.4 Å². The third-order valence-electron chi connectivity index (χ3n) is 3.36. The molecule has 1 aromatic rings. The highest BCUT2D eigenvalue weighted by Crippen LogP contribution is 2.12. The Morgan fingerprint density at radius 2 is 1.95 bits per heavy atom. The molecule has 0 aliphatic carbocycles. The lowest BCUT2D eigenvalue weighted by Gasteiger charge is -2.35. The molecule has 21 heavy (non-hydrogen) atoms. The molecule has 1 amide bonds. The lowest BCUT2D eigenvalue weighted by molar-refractivity contribution is 0.0136. The molecule has 0 saturated carbocycles. The van der Waals surface area contributed by atoms with Crippen LogP contribution in [0.5, 0.6) is 0 Å². The van der Waals surface area contributed by atoms with Crippen molar-refractivity contribution in [3.63, 3.8) is 0 Å². The molecule has 1 aromatic heterocycles. The van der Waals surface area contributed by atoms with Crippen molar-refractivity contribution in [2.24, 2.45) is 7.05 Å². The summed E-state index contributed by atoms with van der Waals surface area (Å²) in [5.41, 5.74) is -0.448. The Morgan fingerprint density at radius 1 is 1.33 bits per heavy atom. The lowest BCUT2D eigenvalue weighted by atomic mass is 10.2. The molecule has 1 N–H and O–H groups in total. The second-order valence-electron chi connectivity index (χ2n) is 6.25. The normalized spacial score (nSPS) is 17.0. The molecule has 0 atom stereocenters. The Hall–Kier alpha value is -1.41. The number of nitrogens with zero attached hydrogens (tertiary/aromatic N) is 4. The quantitative estimate of drug-likeness (QED) is 0.839. The molecule has 0 spiro atoms. The van der Waals surface area contributed by atoms with Crippen LogP contribution in [0.25, 0.3) is 0 Å². The number of aromatic nitrogens is 3. The average Bonchev–Trinajstić information content (AvgIpc) is 2.69. The van der Waals surface area contributed by atoms with E-state index in [0.29, 0.717) is 17.9 Å². The molecule has 8 heteroatoms. The molecule has 0 radical (unpaired) electrons. The summed E-state index contributed by atoms with van der Waals surface area (Å²) in [6.45, 7) is 9.32. The third-order valence-corrected chi connectivity index (χ3v) is 3.73. The van der Waals surface area contributed by atoms with E-state index in [1.165, 1.54) is 0 Å². The van der Waals surface area contributed by atoms with Crippen molar-refractivity contribution in [2.45, 2.75) is 32.9 Å². The van der Waals surface area contributed by atoms with Crippen LogP contribution in [0.15, 0.2) is 0 Å². The Morgan fingerprint density at radius 3 is 2.43 bits per heavy atom. The van der Waals surface area contributed by atoms with Gasteiger partial charge in [0.2, 0.25) is 0 Å². The summed E-state index contributed by atoms with van der Waals surface area (Å²) in [6, 6.07) is 0. The number of piperazine rings is 1. The van der Waals surface area contributed by atoms with Crippen LogP contribution < -0.4 is 0 Å². The fraction of sp³-hybridized carbons (Fsp3) is 0.769. The highest BCUT2D eigenvalue weighted by atomic mass is 32.1. The van der Waals surface area contributed by atoms with E-state index in [2.05, 4.69) is 15.1 Å². The molecule has 2 rings (SSSR count). The molecule has 0 aromatic carbocycles. The van der Waals surface area contributed by atoms with Gasteiger partial charge in [-0.05, 0) is 33.0 Å². The highest BCUT2D eigenvalue weighted by molar-refractivity contribution is 7.71. The topological polar surface area (TPSA) is 66.4 Å². The molecule has 1 fully saturated rings.